The summed E-state index contributed by atoms with van der Waals surface area (Å²) in [5.41, 5.74) is 2.68. The molecule has 4 rings (SSSR count). The van der Waals surface area contributed by atoms with E-state index < -0.39 is 5.91 Å². The molecule has 29 heavy (non-hydrogen) atoms. The van der Waals surface area contributed by atoms with Crippen LogP contribution in [0.1, 0.15) is 10.5 Å². The van der Waals surface area contributed by atoms with Gasteiger partial charge in [0, 0.05) is 22.6 Å². The van der Waals surface area contributed by atoms with Gasteiger partial charge in [-0.15, -0.1) is 11.3 Å². The van der Waals surface area contributed by atoms with Gasteiger partial charge in [0.2, 0.25) is 5.91 Å². The van der Waals surface area contributed by atoms with Crippen molar-refractivity contribution >= 4 is 28.3 Å². The third-order valence-electron chi connectivity index (χ3n) is 4.03. The van der Waals surface area contributed by atoms with Crippen LogP contribution in [0.25, 0.3) is 22.6 Å². The van der Waals surface area contributed by atoms with Crippen LogP contribution < -0.4 is 10.6 Å². The Labute approximate surface area is 170 Å². The minimum atomic E-state index is -0.491. The van der Waals surface area contributed by atoms with Crippen LogP contribution in [0.15, 0.2) is 76.6 Å². The molecule has 2 N–H and O–H groups in total. The van der Waals surface area contributed by atoms with Gasteiger partial charge in [0.25, 0.3) is 5.91 Å². The standard InChI is InChI=1S/C21H16N4O3S/c26-19(24-21-23-17(13-29-21)14-7-3-1-4-8-14)12-22-20(27)16-11-18(28-25-16)15-9-5-2-6-10-15/h1-11,13H,12H2,(H,22,27)(H,23,24,26). The molecule has 0 unspecified atom stereocenters. The van der Waals surface area contributed by atoms with Gasteiger partial charge in [0.05, 0.1) is 12.2 Å². The first-order valence-electron chi connectivity index (χ1n) is 8.80. The van der Waals surface area contributed by atoms with Crippen molar-refractivity contribution in [2.75, 3.05) is 11.9 Å². The number of nitrogens with one attached hydrogen (secondary N) is 2. The van der Waals surface area contributed by atoms with Crippen molar-refractivity contribution in [2.45, 2.75) is 0 Å². The minimum Gasteiger partial charge on any atom is -0.355 e. The Morgan fingerprint density at radius 1 is 0.966 bits per heavy atom. The molecule has 0 spiro atoms. The summed E-state index contributed by atoms with van der Waals surface area (Å²) in [5, 5.41) is 11.3. The van der Waals surface area contributed by atoms with E-state index in [4.69, 9.17) is 4.52 Å². The van der Waals surface area contributed by atoms with Crippen molar-refractivity contribution in [3.8, 4) is 22.6 Å². The predicted octanol–water partition coefficient (Wildman–Crippen LogP) is 3.83. The highest BCUT2D eigenvalue weighted by molar-refractivity contribution is 7.14. The smallest absolute Gasteiger partial charge is 0.273 e. The summed E-state index contributed by atoms with van der Waals surface area (Å²) < 4.78 is 5.20. The van der Waals surface area contributed by atoms with Gasteiger partial charge in [-0.2, -0.15) is 0 Å². The summed E-state index contributed by atoms with van der Waals surface area (Å²) in [6, 6.07) is 20.5. The molecule has 8 heteroatoms. The molecule has 0 saturated heterocycles. The van der Waals surface area contributed by atoms with Gasteiger partial charge in [-0.1, -0.05) is 65.8 Å². The van der Waals surface area contributed by atoms with E-state index in [2.05, 4.69) is 20.8 Å². The Hall–Kier alpha value is -3.78. The minimum absolute atomic E-state index is 0.109. The summed E-state index contributed by atoms with van der Waals surface area (Å²) in [7, 11) is 0. The van der Waals surface area contributed by atoms with Crippen LogP contribution in [0.5, 0.6) is 0 Å². The fourth-order valence-electron chi connectivity index (χ4n) is 2.61. The summed E-state index contributed by atoms with van der Waals surface area (Å²) >= 11 is 1.32. The highest BCUT2D eigenvalue weighted by Crippen LogP contribution is 2.24. The molecule has 2 amide bonds. The monoisotopic (exact) mass is 404 g/mol. The maximum atomic E-state index is 12.2. The first kappa shape index (κ1) is 18.6. The molecule has 0 atom stereocenters. The van der Waals surface area contributed by atoms with Gasteiger partial charge in [-0.05, 0) is 0 Å². The van der Waals surface area contributed by atoms with Gasteiger partial charge in [0.15, 0.2) is 16.6 Å². The van der Waals surface area contributed by atoms with Crippen LogP contribution in [-0.2, 0) is 4.79 Å². The molecule has 2 aromatic heterocycles. The number of hydrogen-bond donors (Lipinski definition) is 2. The number of aromatic nitrogens is 2. The number of anilines is 1. The van der Waals surface area contributed by atoms with Crippen molar-refractivity contribution < 1.29 is 14.1 Å². The maximum Gasteiger partial charge on any atom is 0.273 e. The van der Waals surface area contributed by atoms with Crippen LogP contribution in [0.3, 0.4) is 0 Å². The SMILES string of the molecule is O=C(CNC(=O)c1cc(-c2ccccc2)on1)Nc1nc(-c2ccccc2)cs1. The number of amides is 2. The average molecular weight is 404 g/mol. The van der Waals surface area contributed by atoms with E-state index in [0.717, 1.165) is 16.8 Å². The number of carbonyl (C=O) groups excluding carboxylic acids is 2. The van der Waals surface area contributed by atoms with Crippen LogP contribution >= 0.6 is 11.3 Å². The fourth-order valence-corrected chi connectivity index (χ4v) is 3.34. The topological polar surface area (TPSA) is 97.1 Å². The Kier molecular flexibility index (Phi) is 5.44. The van der Waals surface area contributed by atoms with Crippen molar-refractivity contribution in [3.05, 3.63) is 77.8 Å². The van der Waals surface area contributed by atoms with Crippen molar-refractivity contribution in [1.29, 1.82) is 0 Å². The van der Waals surface area contributed by atoms with E-state index in [1.165, 1.54) is 17.4 Å². The lowest BCUT2D eigenvalue weighted by molar-refractivity contribution is -0.115. The van der Waals surface area contributed by atoms with Crippen LogP contribution in [-0.4, -0.2) is 28.5 Å². The molecule has 0 radical (unpaired) electrons. The molecule has 0 bridgehead atoms. The molecule has 144 valence electrons. The summed E-state index contributed by atoms with van der Waals surface area (Å²) in [6.07, 6.45) is 0. The van der Waals surface area contributed by atoms with E-state index in [0.29, 0.717) is 10.9 Å². The quantitative estimate of drug-likeness (QED) is 0.509. The average Bonchev–Trinajstić information content (AvgIpc) is 3.43. The third-order valence-corrected chi connectivity index (χ3v) is 4.79. The molecule has 2 aromatic carbocycles. The van der Waals surface area contributed by atoms with Crippen LogP contribution in [0.4, 0.5) is 5.13 Å². The number of carbonyl (C=O) groups is 2. The lowest BCUT2D eigenvalue weighted by atomic mass is 10.1. The zero-order valence-electron chi connectivity index (χ0n) is 15.2. The third kappa shape index (κ3) is 4.56. The lowest BCUT2D eigenvalue weighted by Gasteiger charge is -2.03. The van der Waals surface area contributed by atoms with E-state index in [1.54, 1.807) is 0 Å². The van der Waals surface area contributed by atoms with Gasteiger partial charge in [-0.3, -0.25) is 9.59 Å². The van der Waals surface area contributed by atoms with Crippen molar-refractivity contribution in [1.82, 2.24) is 15.5 Å². The Balaban J connectivity index is 1.31. The second-order valence-corrected chi connectivity index (χ2v) is 6.94. The number of nitrogens with zero attached hydrogens (tertiary/aromatic N) is 2. The Morgan fingerprint density at radius 3 is 2.38 bits per heavy atom. The Bertz CT molecular complexity index is 1120. The first-order valence-corrected chi connectivity index (χ1v) is 9.68. The number of hydrogen-bond acceptors (Lipinski definition) is 6. The highest BCUT2D eigenvalue weighted by atomic mass is 32.1. The molecule has 7 nitrogen and oxygen atoms in total. The molecule has 0 aliphatic carbocycles. The molecule has 0 aliphatic heterocycles. The zero-order valence-corrected chi connectivity index (χ0v) is 16.0. The largest absolute Gasteiger partial charge is 0.355 e. The maximum absolute atomic E-state index is 12.2. The van der Waals surface area contributed by atoms with Gasteiger partial charge < -0.3 is 15.2 Å². The van der Waals surface area contributed by atoms with Crippen molar-refractivity contribution in [3.63, 3.8) is 0 Å². The van der Waals surface area contributed by atoms with Crippen molar-refractivity contribution in [2.24, 2.45) is 0 Å². The second-order valence-electron chi connectivity index (χ2n) is 6.08. The normalized spacial score (nSPS) is 10.5. The van der Waals surface area contributed by atoms with Gasteiger partial charge in [0.1, 0.15) is 0 Å². The number of rotatable bonds is 6. The zero-order chi connectivity index (χ0) is 20.1. The molecular formula is C21H16N4O3S. The van der Waals surface area contributed by atoms with Gasteiger partial charge >= 0.3 is 0 Å². The van der Waals surface area contributed by atoms with E-state index in [1.807, 2.05) is 66.0 Å². The highest BCUT2D eigenvalue weighted by Gasteiger charge is 2.15. The van der Waals surface area contributed by atoms with Gasteiger partial charge in [-0.25, -0.2) is 4.98 Å². The molecule has 2 heterocycles. The van der Waals surface area contributed by atoms with Crippen LogP contribution in [0, 0.1) is 0 Å². The predicted molar refractivity (Wildman–Crippen MR) is 110 cm³/mol. The van der Waals surface area contributed by atoms with E-state index in [-0.39, 0.29) is 18.1 Å². The molecular weight excluding hydrogens is 388 g/mol. The lowest BCUT2D eigenvalue weighted by Crippen LogP contribution is -2.33. The van der Waals surface area contributed by atoms with Crippen LogP contribution in [0.2, 0.25) is 0 Å². The molecule has 4 aromatic rings. The fraction of sp³-hybridized carbons (Fsp3) is 0.0476. The first-order chi connectivity index (χ1) is 14.2. The molecule has 0 aliphatic rings. The molecule has 0 saturated carbocycles. The van der Waals surface area contributed by atoms with E-state index in [9.17, 15) is 9.59 Å². The number of benzene rings is 2. The summed E-state index contributed by atoms with van der Waals surface area (Å²) in [4.78, 5) is 28.7. The Morgan fingerprint density at radius 2 is 1.66 bits per heavy atom. The summed E-state index contributed by atoms with van der Waals surface area (Å²) in [5.74, 6) is -0.384. The second kappa shape index (κ2) is 8.49. The number of thiazole rings is 1. The molecule has 0 fully saturated rings. The van der Waals surface area contributed by atoms with E-state index >= 15 is 0 Å². The summed E-state index contributed by atoms with van der Waals surface area (Å²) in [6.45, 7) is -0.202.